The zero-order valence-electron chi connectivity index (χ0n) is 69.2. The molecule has 5 N–H and O–H groups in total. The third kappa shape index (κ3) is 14.8. The van der Waals surface area contributed by atoms with Crippen LogP contribution in [-0.2, 0) is 57.8 Å². The SMILES string of the molecule is COC(=O)/C=C/c1nc(C)cc2[nH]c(cc2C(=O)OC)c(-c2ccc(C#N)cc2)c2nc(c(-c3ccc4c(c3)C(C)(C)c3cc(-c5c6nc(c(-c7ccc(C#N)cc7)c7cc(C(=O)OC)c(cc8nc(c(-c9ccc(C#N)cc9)c9cc(C(=O)OC)c5[nH]9)C=C8C(=O)OC)[nH]7)C=C6C(=O)O)ccc3-4)c3[nH]c(cc3C(=O)OC)c1-c1ccc(C#N)cc1)C(C(=O)OC)=C2. The first-order chi connectivity index (χ1) is 61.3. The quantitative estimate of drug-likeness (QED) is 0.0361. The van der Waals surface area contributed by atoms with Crippen molar-refractivity contribution in [1.82, 2.24) is 39.9 Å². The van der Waals surface area contributed by atoms with Crippen LogP contribution in [0.3, 0.4) is 0 Å². The second-order valence-corrected chi connectivity index (χ2v) is 29.9. The fourth-order valence-electron chi connectivity index (χ4n) is 16.4. The number of carbonyl (C=O) groups is 8. The number of H-pyrrole nitrogens is 4. The topological polar surface area (TPSA) is 431 Å². The van der Waals surface area contributed by atoms with E-state index in [0.29, 0.717) is 61.2 Å². The fraction of sp³-hybridized carbons (Fsp3) is 0.111. The van der Waals surface area contributed by atoms with Crippen molar-refractivity contribution in [3.05, 3.63) is 277 Å². The number of nitriles is 4. The molecule has 620 valence electrons. The summed E-state index contributed by atoms with van der Waals surface area (Å²) < 4.78 is 38.2. The van der Waals surface area contributed by atoms with Gasteiger partial charge in [0.25, 0.3) is 0 Å². The molecule has 12 aromatic rings. The van der Waals surface area contributed by atoms with Crippen LogP contribution in [0.1, 0.15) is 134 Å². The summed E-state index contributed by atoms with van der Waals surface area (Å²) in [5.41, 5.74) is 6.21. The van der Waals surface area contributed by atoms with Crippen LogP contribution in [0.4, 0.5) is 0 Å². The number of hydrogen-bond acceptors (Lipinski definition) is 23. The minimum Gasteiger partial charge on any atom is -0.478 e. The van der Waals surface area contributed by atoms with Gasteiger partial charge in [0.1, 0.15) is 0 Å². The number of fused-ring (bicyclic) bond motifs is 17. The second-order valence-electron chi connectivity index (χ2n) is 29.9. The molecule has 0 radical (unpaired) electrons. The van der Waals surface area contributed by atoms with Gasteiger partial charge < -0.3 is 58.2 Å². The molecule has 4 aliphatic rings. The zero-order chi connectivity index (χ0) is 89.7. The van der Waals surface area contributed by atoms with Crippen molar-refractivity contribution < 1.29 is 76.6 Å². The molecule has 127 heavy (non-hydrogen) atoms. The summed E-state index contributed by atoms with van der Waals surface area (Å²) in [6.45, 7) is 5.55. The van der Waals surface area contributed by atoms with Crippen molar-refractivity contribution in [2.24, 2.45) is 0 Å². The first kappa shape index (κ1) is 82.9. The molecule has 6 aromatic carbocycles. The number of hydrogen-bond donors (Lipinski definition) is 5. The van der Waals surface area contributed by atoms with Crippen LogP contribution in [0.15, 0.2) is 176 Å². The number of ether oxygens (including phenoxy) is 7. The molecule has 0 fully saturated rings. The van der Waals surface area contributed by atoms with Crippen molar-refractivity contribution in [1.29, 1.82) is 21.0 Å². The van der Waals surface area contributed by atoms with Crippen molar-refractivity contribution in [3.8, 4) is 102 Å². The highest BCUT2D eigenvalue weighted by molar-refractivity contribution is 6.28. The number of esters is 7. The summed E-state index contributed by atoms with van der Waals surface area (Å²) >= 11 is 0. The first-order valence-corrected chi connectivity index (χ1v) is 38.9. The Balaban J connectivity index is 1.04. The molecule has 0 unspecified atom stereocenters. The Morgan fingerprint density at radius 2 is 0.709 bits per heavy atom. The lowest BCUT2D eigenvalue weighted by Gasteiger charge is -2.23. The highest BCUT2D eigenvalue weighted by Crippen LogP contribution is 2.53. The van der Waals surface area contributed by atoms with Crippen molar-refractivity contribution in [2.45, 2.75) is 26.2 Å². The highest BCUT2D eigenvalue weighted by atomic mass is 16.5. The van der Waals surface area contributed by atoms with Gasteiger partial charge in [0.15, 0.2) is 0 Å². The maximum atomic E-state index is 15.2. The van der Waals surface area contributed by atoms with Gasteiger partial charge in [-0.05, 0) is 184 Å². The lowest BCUT2D eigenvalue weighted by Crippen LogP contribution is -2.15. The lowest BCUT2D eigenvalue weighted by molar-refractivity contribution is -0.135. The van der Waals surface area contributed by atoms with E-state index < -0.39 is 53.2 Å². The number of benzene rings is 6. The smallest absolute Gasteiger partial charge is 0.340 e. The van der Waals surface area contributed by atoms with Gasteiger partial charge in [-0.25, -0.2) is 53.3 Å². The molecule has 16 rings (SSSR count). The Morgan fingerprint density at radius 1 is 0.362 bits per heavy atom. The van der Waals surface area contributed by atoms with Crippen molar-refractivity contribution in [3.63, 3.8) is 0 Å². The van der Waals surface area contributed by atoms with E-state index in [1.54, 1.807) is 128 Å². The summed E-state index contributed by atoms with van der Waals surface area (Å²) in [5, 5.41) is 52.3. The van der Waals surface area contributed by atoms with Crippen LogP contribution in [-0.4, -0.2) is 143 Å². The zero-order valence-corrected chi connectivity index (χ0v) is 69.2. The molecular formula is C99H68N12O16. The van der Waals surface area contributed by atoms with Crippen LogP contribution in [0.5, 0.6) is 0 Å². The van der Waals surface area contributed by atoms with E-state index in [9.17, 15) is 50.1 Å². The van der Waals surface area contributed by atoms with Gasteiger partial charge in [-0.1, -0.05) is 86.6 Å². The van der Waals surface area contributed by atoms with Gasteiger partial charge in [-0.15, -0.1) is 0 Å². The molecule has 28 nitrogen and oxygen atoms in total. The molecule has 14 bridgehead atoms. The predicted molar refractivity (Wildman–Crippen MR) is 471 cm³/mol. The molecule has 3 aliphatic heterocycles. The number of rotatable bonds is 15. The largest absolute Gasteiger partial charge is 0.478 e. The number of carbonyl (C=O) groups excluding carboxylic acids is 7. The van der Waals surface area contributed by atoms with Crippen molar-refractivity contribution >= 4 is 133 Å². The minimum atomic E-state index is -1.47. The number of aromatic amines is 4. The summed E-state index contributed by atoms with van der Waals surface area (Å²) in [6, 6.07) is 54.2. The van der Waals surface area contributed by atoms with Crippen LogP contribution < -0.4 is 0 Å². The first-order valence-electron chi connectivity index (χ1n) is 38.9. The molecule has 0 amide bonds. The second kappa shape index (κ2) is 33.3. The molecule has 0 saturated carbocycles. The Labute approximate surface area is 721 Å². The molecule has 9 heterocycles. The Kier molecular flexibility index (Phi) is 21.8. The molecule has 6 aromatic heterocycles. The van der Waals surface area contributed by atoms with Crippen LogP contribution in [0, 0.1) is 52.2 Å². The van der Waals surface area contributed by atoms with Crippen molar-refractivity contribution in [2.75, 3.05) is 49.8 Å². The normalized spacial score (nSPS) is 12.3. The number of nitrogens with one attached hydrogen (secondary N) is 4. The highest BCUT2D eigenvalue weighted by Gasteiger charge is 2.39. The monoisotopic (exact) mass is 1680 g/mol. The summed E-state index contributed by atoms with van der Waals surface area (Å²) in [4.78, 5) is 150. The molecular weight excluding hydrogens is 1610 g/mol. The van der Waals surface area contributed by atoms with E-state index in [4.69, 9.17) is 53.1 Å². The van der Waals surface area contributed by atoms with E-state index in [-0.39, 0.29) is 179 Å². The lowest BCUT2D eigenvalue weighted by atomic mass is 9.80. The van der Waals surface area contributed by atoms with Crippen LogP contribution in [0.25, 0.3) is 163 Å². The van der Waals surface area contributed by atoms with E-state index in [2.05, 4.69) is 44.2 Å². The fourth-order valence-corrected chi connectivity index (χ4v) is 16.4. The van der Waals surface area contributed by atoms with Gasteiger partial charge in [0.05, 0.1) is 197 Å². The van der Waals surface area contributed by atoms with E-state index >= 15 is 14.4 Å². The maximum absolute atomic E-state index is 15.2. The summed E-state index contributed by atoms with van der Waals surface area (Å²) in [5.74, 6) is -7.37. The van der Waals surface area contributed by atoms with Gasteiger partial charge in [0.2, 0.25) is 0 Å². The number of nitrogens with zero attached hydrogens (tertiary/aromatic N) is 8. The Hall–Kier alpha value is -17.8. The number of methoxy groups -OCH3 is 7. The van der Waals surface area contributed by atoms with E-state index in [0.717, 1.165) is 6.08 Å². The average Bonchev–Trinajstić information content (AvgIpc) is 1.56. The van der Waals surface area contributed by atoms with E-state index in [1.165, 1.54) is 98.3 Å². The summed E-state index contributed by atoms with van der Waals surface area (Å²) in [6.07, 6.45) is 6.84. The number of aliphatic carboxylic acids is 1. The van der Waals surface area contributed by atoms with Gasteiger partial charge in [-0.2, -0.15) is 21.0 Å². The van der Waals surface area contributed by atoms with Crippen LogP contribution in [0.2, 0.25) is 0 Å². The molecule has 1 aliphatic carbocycles. The predicted octanol–water partition coefficient (Wildman–Crippen LogP) is 17.1. The third-order valence-electron chi connectivity index (χ3n) is 22.4. The molecule has 28 heteroatoms. The summed E-state index contributed by atoms with van der Waals surface area (Å²) in [7, 11) is 8.34. The van der Waals surface area contributed by atoms with E-state index in [1.807, 2.05) is 38.1 Å². The van der Waals surface area contributed by atoms with Crippen LogP contribution >= 0.6 is 0 Å². The number of aryl methyl sites for hydroxylation is 1. The minimum absolute atomic E-state index is 0.00466. The Bertz CT molecular complexity index is 7570. The maximum Gasteiger partial charge on any atom is 0.340 e. The van der Waals surface area contributed by atoms with Gasteiger partial charge >= 0.3 is 47.8 Å². The number of carboxylic acid groups (broad SMARTS) is 1. The molecule has 0 spiro atoms. The van der Waals surface area contributed by atoms with Gasteiger partial charge in [-0.3, -0.25) is 4.98 Å². The average molecular weight is 1680 g/mol. The third-order valence-corrected chi connectivity index (χ3v) is 22.4. The number of aromatic nitrogens is 8. The Morgan fingerprint density at radius 3 is 1.12 bits per heavy atom. The number of carboxylic acids is 1. The molecule has 0 atom stereocenters. The molecule has 0 saturated heterocycles. The standard InChI is InChI=1S/C99H68N12O16/c1-48-33-71-61(93(115)122-5)36-74(105-71)84(55-23-15-51(46-102)16-24-55)79-42-67(98(120)127-10)91(111-79)87(90-65(96(118)125-8)40-78(109-90)82(53-19-11-49(44-100)12-20-53)70(104-48)31-32-81(112)121-4)58-28-30-60-59-29-27-57(34-68(59)99(2,3)69(60)35-58)86-88-64(92(113)114)39-77(108-88)83(54-21-13-50(45-101)14-22-54)75-37-62(94(116)123-6)72(106-75)43-73-63(95(117)124-7)38-76(107-73)85(56-25-17-52(47-103)18-26-56)80-41-66(89(86)110-80)97(119)126-9/h11-43,105-106,109-110H,1-10H3,(H,113,114)/b32-31+,48-33?,71-33?,72-43?,73-43?,82-70?,82-78?,83-75?,83-77?,84-74?,84-79?,85-76?,85-80?,88-86?,89-86?,90-87?,91-87?,104-48?,104-70?. The van der Waals surface area contributed by atoms with Gasteiger partial charge in [0, 0.05) is 72.6 Å².